The van der Waals surface area contributed by atoms with Gasteiger partial charge in [-0.1, -0.05) is 0 Å². The smallest absolute Gasteiger partial charge is 0.299 e. The third-order valence-electron chi connectivity index (χ3n) is 2.11. The van der Waals surface area contributed by atoms with Gasteiger partial charge in [0, 0.05) is 30.9 Å². The highest BCUT2D eigenvalue weighted by atomic mass is 35.7. The Morgan fingerprint density at radius 2 is 2.23 bits per heavy atom. The molecule has 1 saturated heterocycles. The molecular formula is C7H14ClNO3S. The van der Waals surface area contributed by atoms with Crippen LogP contribution in [0.15, 0.2) is 0 Å². The number of nitrogens with zero attached hydrogens (tertiary/aromatic N) is 1. The molecule has 1 aliphatic heterocycles. The molecule has 1 rings (SSSR count). The molecule has 1 unspecified atom stereocenters. The molecule has 0 radical (unpaired) electrons. The summed E-state index contributed by atoms with van der Waals surface area (Å²) in [4.78, 5) is 0. The first kappa shape index (κ1) is 11.2. The summed E-state index contributed by atoms with van der Waals surface area (Å²) in [5.74, 6) is 0. The van der Waals surface area contributed by atoms with Gasteiger partial charge in [0.15, 0.2) is 0 Å². The first-order valence-corrected chi connectivity index (χ1v) is 6.54. The van der Waals surface area contributed by atoms with E-state index in [0.29, 0.717) is 6.54 Å². The van der Waals surface area contributed by atoms with Crippen LogP contribution in [0, 0.1) is 0 Å². The Balaban J connectivity index is 2.39. The largest absolute Gasteiger partial charge is 0.377 e. The number of ether oxygens (including phenoxy) is 1. The van der Waals surface area contributed by atoms with Crippen LogP contribution in [0.2, 0.25) is 0 Å². The van der Waals surface area contributed by atoms with Crippen molar-refractivity contribution in [3.63, 3.8) is 0 Å². The van der Waals surface area contributed by atoms with Gasteiger partial charge in [-0.2, -0.15) is 12.7 Å². The fourth-order valence-corrected chi connectivity index (χ4v) is 1.84. The molecule has 0 aromatic rings. The summed E-state index contributed by atoms with van der Waals surface area (Å²) in [6.07, 6.45) is 3.08. The van der Waals surface area contributed by atoms with Crippen molar-refractivity contribution in [1.29, 1.82) is 0 Å². The highest BCUT2D eigenvalue weighted by molar-refractivity contribution is 8.11. The summed E-state index contributed by atoms with van der Waals surface area (Å²) in [6, 6.07) is 0. The minimum atomic E-state index is -3.58. The van der Waals surface area contributed by atoms with E-state index in [0.717, 1.165) is 30.2 Å². The Labute approximate surface area is 83.4 Å². The van der Waals surface area contributed by atoms with E-state index in [1.165, 1.54) is 7.05 Å². The minimum Gasteiger partial charge on any atom is -0.377 e. The molecule has 0 aromatic carbocycles. The van der Waals surface area contributed by atoms with Crippen LogP contribution in [-0.2, 0) is 14.0 Å². The Kier molecular flexibility index (Phi) is 3.97. The molecule has 0 amide bonds. The fraction of sp³-hybridized carbons (Fsp3) is 1.00. The molecule has 13 heavy (non-hydrogen) atoms. The van der Waals surface area contributed by atoms with E-state index in [9.17, 15) is 8.42 Å². The van der Waals surface area contributed by atoms with Gasteiger partial charge in [0.05, 0.1) is 6.10 Å². The van der Waals surface area contributed by atoms with Gasteiger partial charge < -0.3 is 4.74 Å². The normalized spacial score (nSPS) is 25.0. The third-order valence-corrected chi connectivity index (χ3v) is 3.71. The van der Waals surface area contributed by atoms with Gasteiger partial charge in [0.25, 0.3) is 9.24 Å². The Bertz CT molecular complexity index is 248. The third kappa shape index (κ3) is 3.81. The molecule has 1 atom stereocenters. The molecule has 1 fully saturated rings. The number of likely N-dealkylation sites (N-methyl/N-ethyl adjacent to an activating group) is 1. The summed E-state index contributed by atoms with van der Waals surface area (Å²) in [7, 11) is 3.03. The van der Waals surface area contributed by atoms with Gasteiger partial charge in [0.1, 0.15) is 0 Å². The van der Waals surface area contributed by atoms with E-state index in [4.69, 9.17) is 15.4 Å². The monoisotopic (exact) mass is 227 g/mol. The van der Waals surface area contributed by atoms with Crippen LogP contribution in [-0.4, -0.2) is 39.0 Å². The standard InChI is InChI=1S/C7H14ClNO3S/c1-9(13(8,10)11)6-7-4-2-3-5-12-7/h7H,2-6H2,1H3. The zero-order chi connectivity index (χ0) is 9.90. The predicted molar refractivity (Wildman–Crippen MR) is 51.0 cm³/mol. The van der Waals surface area contributed by atoms with Gasteiger partial charge in [-0.15, -0.1) is 0 Å². The summed E-state index contributed by atoms with van der Waals surface area (Å²) >= 11 is 0. The predicted octanol–water partition coefficient (Wildman–Crippen LogP) is 0.971. The molecule has 0 aliphatic carbocycles. The van der Waals surface area contributed by atoms with Crippen LogP contribution in [0.5, 0.6) is 0 Å². The van der Waals surface area contributed by atoms with E-state index in [-0.39, 0.29) is 6.10 Å². The number of hydrogen-bond donors (Lipinski definition) is 0. The number of hydrogen-bond acceptors (Lipinski definition) is 3. The second-order valence-electron chi connectivity index (χ2n) is 3.21. The van der Waals surface area contributed by atoms with Crippen LogP contribution in [0.25, 0.3) is 0 Å². The molecule has 4 nitrogen and oxygen atoms in total. The average Bonchev–Trinajstić information content (AvgIpc) is 2.04. The maximum absolute atomic E-state index is 10.8. The number of halogens is 1. The van der Waals surface area contributed by atoms with E-state index < -0.39 is 9.24 Å². The maximum Gasteiger partial charge on any atom is 0.299 e. The first-order valence-electron chi connectivity index (χ1n) is 4.27. The summed E-state index contributed by atoms with van der Waals surface area (Å²) in [6.45, 7) is 1.08. The quantitative estimate of drug-likeness (QED) is 0.675. The van der Waals surface area contributed by atoms with Crippen LogP contribution in [0.3, 0.4) is 0 Å². The summed E-state index contributed by atoms with van der Waals surface area (Å²) < 4.78 is 28.2. The van der Waals surface area contributed by atoms with Crippen molar-refractivity contribution in [2.75, 3.05) is 20.2 Å². The zero-order valence-corrected chi connectivity index (χ0v) is 9.14. The molecule has 6 heteroatoms. The Hall–Kier alpha value is 0.160. The van der Waals surface area contributed by atoms with Crippen LogP contribution in [0.4, 0.5) is 0 Å². The minimum absolute atomic E-state index is 0.00674. The molecule has 0 bridgehead atoms. The lowest BCUT2D eigenvalue weighted by Gasteiger charge is -2.25. The van der Waals surface area contributed by atoms with Gasteiger partial charge in [0.2, 0.25) is 0 Å². The highest BCUT2D eigenvalue weighted by Crippen LogP contribution is 2.15. The van der Waals surface area contributed by atoms with Crippen molar-refractivity contribution in [2.45, 2.75) is 25.4 Å². The van der Waals surface area contributed by atoms with Gasteiger partial charge >= 0.3 is 0 Å². The summed E-state index contributed by atoms with van der Waals surface area (Å²) in [5.41, 5.74) is 0. The van der Waals surface area contributed by atoms with E-state index >= 15 is 0 Å². The molecule has 0 N–H and O–H groups in total. The molecule has 78 valence electrons. The molecular weight excluding hydrogens is 214 g/mol. The lowest BCUT2D eigenvalue weighted by Crippen LogP contribution is -2.34. The number of rotatable bonds is 3. The maximum atomic E-state index is 10.8. The van der Waals surface area contributed by atoms with Crippen molar-refractivity contribution in [3.8, 4) is 0 Å². The lowest BCUT2D eigenvalue weighted by molar-refractivity contribution is 0.00882. The van der Waals surface area contributed by atoms with Crippen molar-refractivity contribution in [2.24, 2.45) is 0 Å². The molecule has 1 aliphatic rings. The highest BCUT2D eigenvalue weighted by Gasteiger charge is 2.21. The SMILES string of the molecule is CN(CC1CCCCO1)S(=O)(=O)Cl. The molecule has 0 spiro atoms. The van der Waals surface area contributed by atoms with Crippen molar-refractivity contribution in [1.82, 2.24) is 4.31 Å². The van der Waals surface area contributed by atoms with E-state index in [1.54, 1.807) is 0 Å². The van der Waals surface area contributed by atoms with E-state index in [1.807, 2.05) is 0 Å². The lowest BCUT2D eigenvalue weighted by atomic mass is 10.1. The molecule has 0 aromatic heterocycles. The van der Waals surface area contributed by atoms with Gasteiger partial charge in [-0.25, -0.2) is 0 Å². The van der Waals surface area contributed by atoms with Gasteiger partial charge in [-0.3, -0.25) is 0 Å². The topological polar surface area (TPSA) is 46.6 Å². The van der Waals surface area contributed by atoms with E-state index in [2.05, 4.69) is 0 Å². The molecule has 0 saturated carbocycles. The van der Waals surface area contributed by atoms with Crippen LogP contribution >= 0.6 is 10.7 Å². The van der Waals surface area contributed by atoms with Gasteiger partial charge in [-0.05, 0) is 19.3 Å². The summed E-state index contributed by atoms with van der Waals surface area (Å²) in [5, 5.41) is 0. The zero-order valence-electron chi connectivity index (χ0n) is 7.57. The van der Waals surface area contributed by atoms with Crippen LogP contribution < -0.4 is 0 Å². The van der Waals surface area contributed by atoms with Crippen molar-refractivity contribution < 1.29 is 13.2 Å². The molecule has 1 heterocycles. The van der Waals surface area contributed by atoms with Crippen LogP contribution in [0.1, 0.15) is 19.3 Å². The Morgan fingerprint density at radius 3 is 2.69 bits per heavy atom. The Morgan fingerprint density at radius 1 is 1.54 bits per heavy atom. The second kappa shape index (κ2) is 4.59. The average molecular weight is 228 g/mol. The van der Waals surface area contributed by atoms with Crippen molar-refractivity contribution in [3.05, 3.63) is 0 Å². The fourth-order valence-electron chi connectivity index (χ4n) is 1.33. The first-order chi connectivity index (χ1) is 6.00. The van der Waals surface area contributed by atoms with Crippen molar-refractivity contribution >= 4 is 19.9 Å². The second-order valence-corrected chi connectivity index (χ2v) is 5.83.